The Bertz CT molecular complexity index is 1660. The fourth-order valence-electron chi connectivity index (χ4n) is 5.06. The van der Waals surface area contributed by atoms with Gasteiger partial charge in [0.05, 0.1) is 35.6 Å². The molecule has 3 heterocycles. The predicted molar refractivity (Wildman–Crippen MR) is 179 cm³/mol. The van der Waals surface area contributed by atoms with Gasteiger partial charge in [-0.3, -0.25) is 0 Å². The Kier molecular flexibility index (Phi) is 10.4. The molecule has 0 radical (unpaired) electrons. The number of ether oxygens (including phenoxy) is 3. The van der Waals surface area contributed by atoms with Crippen molar-refractivity contribution in [1.29, 1.82) is 0 Å². The first-order valence-corrected chi connectivity index (χ1v) is 19.4. The van der Waals surface area contributed by atoms with Gasteiger partial charge in [0, 0.05) is 27.2 Å². The van der Waals surface area contributed by atoms with Crippen LogP contribution in [0.1, 0.15) is 24.3 Å². The Labute approximate surface area is 283 Å². The van der Waals surface area contributed by atoms with Crippen LogP contribution in [-0.2, 0) is 20.8 Å². The van der Waals surface area contributed by atoms with E-state index in [0.717, 1.165) is 5.56 Å². The van der Waals surface area contributed by atoms with Crippen LogP contribution < -0.4 is 0 Å². The number of rotatable bonds is 8. The molecule has 2 aliphatic rings. The number of fused-ring (bicyclic) bond motifs is 1. The average molecular weight is 716 g/mol. The largest absolute Gasteiger partial charge is 0.386 e. The van der Waals surface area contributed by atoms with E-state index in [4.69, 9.17) is 72.2 Å². The van der Waals surface area contributed by atoms with Crippen molar-refractivity contribution in [2.75, 3.05) is 13.2 Å². The van der Waals surface area contributed by atoms with Crippen LogP contribution in [0.15, 0.2) is 54.0 Å². The first-order chi connectivity index (χ1) is 20.7. The zero-order valence-electron chi connectivity index (χ0n) is 24.5. The third-order valence-electron chi connectivity index (χ3n) is 7.38. The Morgan fingerprint density at radius 1 is 1.14 bits per heavy atom. The highest BCUT2D eigenvalue weighted by Gasteiger charge is 2.46. The normalized spacial score (nSPS) is 27.0. The highest BCUT2D eigenvalue weighted by molar-refractivity contribution is 6.83. The summed E-state index contributed by atoms with van der Waals surface area (Å²) in [5.74, 6) is 3.14. The predicted octanol–water partition coefficient (Wildman–Crippen LogP) is 7.79. The second-order valence-electron chi connectivity index (χ2n) is 12.1. The SMILES string of the molecule is CC1(Cl)C=C(Cl)C=CC1COC[C@H]1O[C@@H](n2cc(C#C[Si](C)(C)C)c3c(Cl)ncnc32)[C@H](O)[C@@H]1OCc1ccc(Cl)cc1Cl. The quantitative estimate of drug-likeness (QED) is 0.111. The highest BCUT2D eigenvalue weighted by Crippen LogP contribution is 2.38. The number of aliphatic hydroxyl groups is 1. The summed E-state index contributed by atoms with van der Waals surface area (Å²) in [5.41, 5.74) is 5.24. The average Bonchev–Trinajstić information content (AvgIpc) is 3.45. The summed E-state index contributed by atoms with van der Waals surface area (Å²) in [6.45, 7) is 8.89. The van der Waals surface area contributed by atoms with Gasteiger partial charge in [-0.2, -0.15) is 0 Å². The Hall–Kier alpha value is -1.61. The fraction of sp³-hybridized carbons (Fsp3) is 0.419. The summed E-state index contributed by atoms with van der Waals surface area (Å²) < 4.78 is 20.6. The molecule has 44 heavy (non-hydrogen) atoms. The zero-order chi connectivity index (χ0) is 31.8. The molecule has 5 rings (SSSR count). The van der Waals surface area contributed by atoms with Crippen molar-refractivity contribution in [3.63, 3.8) is 0 Å². The van der Waals surface area contributed by atoms with Gasteiger partial charge in [0.1, 0.15) is 43.5 Å². The number of aromatic nitrogens is 3. The molecule has 7 nitrogen and oxygen atoms in total. The van der Waals surface area contributed by atoms with Gasteiger partial charge in [-0.15, -0.1) is 17.1 Å². The first kappa shape index (κ1) is 33.7. The van der Waals surface area contributed by atoms with Crippen molar-refractivity contribution in [1.82, 2.24) is 14.5 Å². The molecule has 0 bridgehead atoms. The summed E-state index contributed by atoms with van der Waals surface area (Å²) in [7, 11) is -1.71. The fourth-order valence-corrected chi connectivity index (χ4v) is 6.87. The van der Waals surface area contributed by atoms with Crippen LogP contribution in [0.5, 0.6) is 0 Å². The molecule has 6 atom stereocenters. The molecule has 1 N–H and O–H groups in total. The maximum atomic E-state index is 11.7. The second kappa shape index (κ2) is 13.6. The van der Waals surface area contributed by atoms with Gasteiger partial charge in [0.25, 0.3) is 0 Å². The van der Waals surface area contributed by atoms with Crippen molar-refractivity contribution >= 4 is 77.1 Å². The summed E-state index contributed by atoms with van der Waals surface area (Å²) >= 11 is 31.9. The minimum Gasteiger partial charge on any atom is -0.386 e. The van der Waals surface area contributed by atoms with Crippen LogP contribution in [0.2, 0.25) is 34.8 Å². The topological polar surface area (TPSA) is 78.6 Å². The third kappa shape index (κ3) is 7.67. The van der Waals surface area contributed by atoms with Crippen LogP contribution in [-0.4, -0.2) is 64.1 Å². The van der Waals surface area contributed by atoms with Gasteiger partial charge in [-0.1, -0.05) is 84.1 Å². The summed E-state index contributed by atoms with van der Waals surface area (Å²) in [6.07, 6.45) is 5.28. The monoisotopic (exact) mass is 713 g/mol. The number of alkyl halides is 1. The standard InChI is InChI=1S/C31H32Cl5N3O4Si/c1-31(36)12-22(33)8-6-20(31)15-41-16-24-27(42-14-19-5-7-21(32)11-23(19)34)26(40)30(43-24)39-13-18(9-10-44(2,3)4)25-28(35)37-17-38-29(25)39/h5-8,11-13,17,20,24,26-27,30,40H,14-16H2,1-4H3/t20?,24-,26-,27-,30-,31?/m1/s1. The van der Waals surface area contributed by atoms with Crippen LogP contribution in [0, 0.1) is 17.4 Å². The number of halogens is 5. The van der Waals surface area contributed by atoms with E-state index in [9.17, 15) is 5.11 Å². The molecular weight excluding hydrogens is 684 g/mol. The molecule has 2 unspecified atom stereocenters. The lowest BCUT2D eigenvalue weighted by Crippen LogP contribution is -2.38. The van der Waals surface area contributed by atoms with Gasteiger partial charge in [0.2, 0.25) is 0 Å². The van der Waals surface area contributed by atoms with Crippen LogP contribution in [0.3, 0.4) is 0 Å². The molecule has 2 aromatic heterocycles. The molecule has 1 fully saturated rings. The minimum absolute atomic E-state index is 0.117. The van der Waals surface area contributed by atoms with E-state index in [1.807, 2.05) is 13.0 Å². The van der Waals surface area contributed by atoms with Gasteiger partial charge in [-0.25, -0.2) is 9.97 Å². The molecule has 1 aliphatic carbocycles. The number of benzene rings is 1. The van der Waals surface area contributed by atoms with E-state index in [0.29, 0.717) is 38.3 Å². The maximum Gasteiger partial charge on any atom is 0.164 e. The van der Waals surface area contributed by atoms with Gasteiger partial charge < -0.3 is 23.9 Å². The molecule has 1 aromatic carbocycles. The number of allylic oxidation sites excluding steroid dienone is 3. The number of aliphatic hydroxyl groups excluding tert-OH is 1. The van der Waals surface area contributed by atoms with E-state index < -0.39 is 37.5 Å². The summed E-state index contributed by atoms with van der Waals surface area (Å²) in [4.78, 5) is 7.93. The summed E-state index contributed by atoms with van der Waals surface area (Å²) in [5, 5.41) is 14.1. The van der Waals surface area contributed by atoms with Crippen LogP contribution >= 0.6 is 58.0 Å². The third-order valence-corrected chi connectivity index (χ3v) is 9.75. The molecule has 0 amide bonds. The number of hydrogen-bond donors (Lipinski definition) is 1. The molecule has 0 spiro atoms. The van der Waals surface area contributed by atoms with Gasteiger partial charge >= 0.3 is 0 Å². The summed E-state index contributed by atoms with van der Waals surface area (Å²) in [6, 6.07) is 5.16. The van der Waals surface area contributed by atoms with E-state index in [-0.39, 0.29) is 24.3 Å². The number of nitrogens with zero attached hydrogens (tertiary/aromatic N) is 3. The van der Waals surface area contributed by atoms with E-state index >= 15 is 0 Å². The lowest BCUT2D eigenvalue weighted by atomic mass is 9.90. The molecule has 3 aromatic rings. The Balaban J connectivity index is 1.43. The molecule has 0 saturated carbocycles. The Morgan fingerprint density at radius 2 is 1.91 bits per heavy atom. The second-order valence-corrected chi connectivity index (χ2v) is 19.3. The number of hydrogen-bond acceptors (Lipinski definition) is 6. The highest BCUT2D eigenvalue weighted by atomic mass is 35.5. The minimum atomic E-state index is -1.71. The zero-order valence-corrected chi connectivity index (χ0v) is 29.3. The van der Waals surface area contributed by atoms with E-state index in [1.165, 1.54) is 6.33 Å². The van der Waals surface area contributed by atoms with E-state index in [2.05, 4.69) is 41.1 Å². The van der Waals surface area contributed by atoms with Crippen molar-refractivity contribution < 1.29 is 19.3 Å². The van der Waals surface area contributed by atoms with E-state index in [1.54, 1.807) is 41.1 Å². The molecule has 1 saturated heterocycles. The van der Waals surface area contributed by atoms with Crippen molar-refractivity contribution in [3.05, 3.63) is 80.3 Å². The van der Waals surface area contributed by atoms with Crippen LogP contribution in [0.4, 0.5) is 0 Å². The first-order valence-electron chi connectivity index (χ1n) is 14.0. The van der Waals surface area contributed by atoms with Gasteiger partial charge in [0.15, 0.2) is 6.23 Å². The lowest BCUT2D eigenvalue weighted by Gasteiger charge is -2.30. The Morgan fingerprint density at radius 3 is 2.61 bits per heavy atom. The smallest absolute Gasteiger partial charge is 0.164 e. The van der Waals surface area contributed by atoms with Gasteiger partial charge in [-0.05, 0) is 36.8 Å². The molecule has 234 valence electrons. The van der Waals surface area contributed by atoms with Crippen LogP contribution in [0.25, 0.3) is 11.0 Å². The van der Waals surface area contributed by atoms with Crippen molar-refractivity contribution in [2.24, 2.45) is 5.92 Å². The lowest BCUT2D eigenvalue weighted by molar-refractivity contribution is -0.0822. The molecular formula is C31H32Cl5N3O4Si. The van der Waals surface area contributed by atoms with Crippen molar-refractivity contribution in [3.8, 4) is 11.5 Å². The van der Waals surface area contributed by atoms with Crippen molar-refractivity contribution in [2.45, 2.75) is 62.6 Å². The molecule has 1 aliphatic heterocycles. The maximum absolute atomic E-state index is 11.7. The molecule has 13 heteroatoms.